The molecular formula is C18H15BrF5N5O. The molecule has 1 aromatic carbocycles. The Morgan fingerprint density at radius 3 is 2.13 bits per heavy atom. The number of aromatic nitrogens is 4. The minimum Gasteiger partial charge on any atom is -0.317 e. The number of halogens is 6. The van der Waals surface area contributed by atoms with E-state index >= 15 is 0 Å². The summed E-state index contributed by atoms with van der Waals surface area (Å²) in [5.41, 5.74) is -0.129. The van der Waals surface area contributed by atoms with Crippen LogP contribution in [0.4, 0.5) is 27.6 Å². The Morgan fingerprint density at radius 2 is 1.60 bits per heavy atom. The van der Waals surface area contributed by atoms with Gasteiger partial charge in [-0.05, 0) is 36.7 Å². The minimum absolute atomic E-state index is 0.114. The summed E-state index contributed by atoms with van der Waals surface area (Å²) < 4.78 is 71.2. The second-order valence-electron chi connectivity index (χ2n) is 6.39. The molecule has 0 saturated carbocycles. The first-order valence-corrected chi connectivity index (χ1v) is 9.44. The van der Waals surface area contributed by atoms with E-state index < -0.39 is 47.1 Å². The molecule has 160 valence electrons. The second kappa shape index (κ2) is 8.17. The smallest absolute Gasteiger partial charge is 0.277 e. The molecule has 0 atom stereocenters. The molecule has 0 fully saturated rings. The number of benzene rings is 1. The Bertz CT molecular complexity index is 1130. The van der Waals surface area contributed by atoms with E-state index in [0.717, 1.165) is 4.68 Å². The molecule has 0 unspecified atom stereocenters. The van der Waals surface area contributed by atoms with E-state index in [1.165, 1.54) is 13.8 Å². The van der Waals surface area contributed by atoms with Crippen LogP contribution >= 0.6 is 15.9 Å². The number of nitrogens with zero attached hydrogens (tertiary/aromatic N) is 4. The van der Waals surface area contributed by atoms with Crippen LogP contribution in [0.15, 0.2) is 10.7 Å². The van der Waals surface area contributed by atoms with Crippen LogP contribution in [0.25, 0.3) is 0 Å². The Morgan fingerprint density at radius 1 is 1.03 bits per heavy atom. The van der Waals surface area contributed by atoms with E-state index in [4.69, 9.17) is 0 Å². The highest BCUT2D eigenvalue weighted by molar-refractivity contribution is 9.10. The lowest BCUT2D eigenvalue weighted by Gasteiger charge is -2.10. The van der Waals surface area contributed by atoms with Gasteiger partial charge in [-0.1, -0.05) is 0 Å². The van der Waals surface area contributed by atoms with Gasteiger partial charge in [-0.15, -0.1) is 0 Å². The molecule has 0 spiro atoms. The van der Waals surface area contributed by atoms with E-state index in [2.05, 4.69) is 31.4 Å². The second-order valence-corrected chi connectivity index (χ2v) is 7.24. The molecule has 30 heavy (non-hydrogen) atoms. The number of nitrogens with one attached hydrogen (secondary N) is 1. The van der Waals surface area contributed by atoms with E-state index in [1.54, 1.807) is 10.9 Å². The SMILES string of the molecule is CCn1cc(Br)c(C(=O)Nc2c(C)nn(Cc3c(F)c(F)c(F)c(F)c3F)c2C)n1. The first-order chi connectivity index (χ1) is 14.1. The van der Waals surface area contributed by atoms with Crippen molar-refractivity contribution in [2.24, 2.45) is 0 Å². The molecule has 3 aromatic rings. The van der Waals surface area contributed by atoms with E-state index in [1.807, 2.05) is 6.92 Å². The number of amides is 1. The Balaban J connectivity index is 1.94. The maximum Gasteiger partial charge on any atom is 0.277 e. The summed E-state index contributed by atoms with van der Waals surface area (Å²) in [5.74, 6) is -10.7. The summed E-state index contributed by atoms with van der Waals surface area (Å²) >= 11 is 3.24. The van der Waals surface area contributed by atoms with Crippen LogP contribution < -0.4 is 5.32 Å². The van der Waals surface area contributed by atoms with Gasteiger partial charge in [0.1, 0.15) is 0 Å². The standard InChI is InChI=1S/C18H15BrF5N5O/c1-4-28-6-10(19)17(27-28)18(30)25-16-7(2)26-29(8(16)3)5-9-11(20)13(22)15(24)14(23)12(9)21/h6H,4-5H2,1-3H3,(H,25,30). The fraction of sp³-hybridized carbons (Fsp3) is 0.278. The van der Waals surface area contributed by atoms with Gasteiger partial charge in [0.15, 0.2) is 29.0 Å². The zero-order valence-electron chi connectivity index (χ0n) is 16.0. The van der Waals surface area contributed by atoms with Gasteiger partial charge in [-0.2, -0.15) is 10.2 Å². The normalized spacial score (nSPS) is 11.2. The number of rotatable bonds is 5. The third-order valence-electron chi connectivity index (χ3n) is 4.48. The minimum atomic E-state index is -2.23. The van der Waals surface area contributed by atoms with Crippen LogP contribution in [-0.2, 0) is 13.1 Å². The monoisotopic (exact) mass is 491 g/mol. The average Bonchev–Trinajstić information content (AvgIpc) is 3.22. The van der Waals surface area contributed by atoms with Crippen molar-refractivity contribution < 1.29 is 26.7 Å². The quantitative estimate of drug-likeness (QED) is 0.325. The molecule has 1 N–H and O–H groups in total. The average molecular weight is 492 g/mol. The van der Waals surface area contributed by atoms with Crippen LogP contribution in [0.3, 0.4) is 0 Å². The number of hydrogen-bond donors (Lipinski definition) is 1. The largest absolute Gasteiger partial charge is 0.317 e. The van der Waals surface area contributed by atoms with Gasteiger partial charge in [0, 0.05) is 12.7 Å². The van der Waals surface area contributed by atoms with Crippen LogP contribution in [0.5, 0.6) is 0 Å². The van der Waals surface area contributed by atoms with Crippen molar-refractivity contribution in [1.29, 1.82) is 0 Å². The van der Waals surface area contributed by atoms with Crippen molar-refractivity contribution in [3.8, 4) is 0 Å². The number of carbonyl (C=O) groups is 1. The molecule has 0 aliphatic rings. The van der Waals surface area contributed by atoms with Crippen molar-refractivity contribution in [1.82, 2.24) is 19.6 Å². The van der Waals surface area contributed by atoms with E-state index in [0.29, 0.717) is 11.0 Å². The topological polar surface area (TPSA) is 64.7 Å². The van der Waals surface area contributed by atoms with Gasteiger partial charge >= 0.3 is 0 Å². The number of anilines is 1. The summed E-state index contributed by atoms with van der Waals surface area (Å²) in [7, 11) is 0. The van der Waals surface area contributed by atoms with Crippen LogP contribution in [-0.4, -0.2) is 25.5 Å². The summed E-state index contributed by atoms with van der Waals surface area (Å²) in [5, 5.41) is 10.8. The van der Waals surface area contributed by atoms with Gasteiger partial charge in [-0.3, -0.25) is 14.2 Å². The Kier molecular flexibility index (Phi) is 5.97. The van der Waals surface area contributed by atoms with Gasteiger partial charge in [0.2, 0.25) is 5.82 Å². The van der Waals surface area contributed by atoms with Crippen molar-refractivity contribution in [3.05, 3.63) is 62.4 Å². The molecule has 0 aliphatic heterocycles. The zero-order chi connectivity index (χ0) is 22.3. The van der Waals surface area contributed by atoms with E-state index in [9.17, 15) is 26.7 Å². The summed E-state index contributed by atoms with van der Waals surface area (Å²) in [6.45, 7) is 4.68. The molecule has 1 amide bonds. The molecule has 0 saturated heterocycles. The molecule has 3 rings (SSSR count). The highest BCUT2D eigenvalue weighted by Crippen LogP contribution is 2.27. The lowest BCUT2D eigenvalue weighted by Crippen LogP contribution is -2.15. The fourth-order valence-corrected chi connectivity index (χ4v) is 3.35. The Hall–Kier alpha value is -2.76. The first kappa shape index (κ1) is 21.9. The number of hydrogen-bond acceptors (Lipinski definition) is 3. The van der Waals surface area contributed by atoms with Gasteiger partial charge in [0.25, 0.3) is 5.91 Å². The molecular weight excluding hydrogens is 477 g/mol. The summed E-state index contributed by atoms with van der Waals surface area (Å²) in [6, 6.07) is 0. The molecule has 6 nitrogen and oxygen atoms in total. The third-order valence-corrected chi connectivity index (χ3v) is 5.07. The predicted octanol–water partition coefficient (Wildman–Crippen LogP) is 4.47. The Labute approximate surface area is 175 Å². The van der Waals surface area contributed by atoms with Crippen molar-refractivity contribution in [2.75, 3.05) is 5.32 Å². The lowest BCUT2D eigenvalue weighted by atomic mass is 10.1. The van der Waals surface area contributed by atoms with Crippen LogP contribution in [0, 0.1) is 42.9 Å². The number of aryl methyl sites for hydroxylation is 2. The third kappa shape index (κ3) is 3.71. The molecule has 0 radical (unpaired) electrons. The molecule has 0 aliphatic carbocycles. The molecule has 2 heterocycles. The van der Waals surface area contributed by atoms with Crippen molar-refractivity contribution in [3.63, 3.8) is 0 Å². The molecule has 12 heteroatoms. The molecule has 2 aromatic heterocycles. The fourth-order valence-electron chi connectivity index (χ4n) is 2.86. The summed E-state index contributed by atoms with van der Waals surface area (Å²) in [6.07, 6.45) is 1.63. The summed E-state index contributed by atoms with van der Waals surface area (Å²) in [4.78, 5) is 12.6. The first-order valence-electron chi connectivity index (χ1n) is 8.65. The maximum atomic E-state index is 14.0. The van der Waals surface area contributed by atoms with Crippen molar-refractivity contribution in [2.45, 2.75) is 33.9 Å². The number of carbonyl (C=O) groups excluding carboxylic acids is 1. The maximum absolute atomic E-state index is 14.0. The zero-order valence-corrected chi connectivity index (χ0v) is 17.5. The van der Waals surface area contributed by atoms with Gasteiger partial charge < -0.3 is 5.32 Å². The van der Waals surface area contributed by atoms with Crippen LogP contribution in [0.2, 0.25) is 0 Å². The predicted molar refractivity (Wildman–Crippen MR) is 101 cm³/mol. The molecule has 0 bridgehead atoms. The van der Waals surface area contributed by atoms with Crippen molar-refractivity contribution >= 4 is 27.5 Å². The highest BCUT2D eigenvalue weighted by Gasteiger charge is 2.27. The lowest BCUT2D eigenvalue weighted by molar-refractivity contribution is 0.102. The van der Waals surface area contributed by atoms with Crippen LogP contribution in [0.1, 0.15) is 34.4 Å². The van der Waals surface area contributed by atoms with Gasteiger partial charge in [0.05, 0.1) is 33.7 Å². The van der Waals surface area contributed by atoms with E-state index in [-0.39, 0.29) is 22.8 Å². The van der Waals surface area contributed by atoms with Gasteiger partial charge in [-0.25, -0.2) is 22.0 Å². The highest BCUT2D eigenvalue weighted by atomic mass is 79.9.